The number of benzene rings is 6. The predicted molar refractivity (Wildman–Crippen MR) is 241 cm³/mol. The number of esters is 1. The van der Waals surface area contributed by atoms with Crippen molar-refractivity contribution < 1.29 is 9.53 Å². The van der Waals surface area contributed by atoms with E-state index in [4.69, 9.17) is 14.7 Å². The van der Waals surface area contributed by atoms with Gasteiger partial charge in [0.2, 0.25) is 0 Å². The Morgan fingerprint density at radius 3 is 1.88 bits per heavy atom. The molecule has 0 spiro atoms. The van der Waals surface area contributed by atoms with Gasteiger partial charge in [0.25, 0.3) is 0 Å². The van der Waals surface area contributed by atoms with Gasteiger partial charge in [-0.2, -0.15) is 0 Å². The van der Waals surface area contributed by atoms with Gasteiger partial charge in [-0.3, -0.25) is 0 Å². The van der Waals surface area contributed by atoms with Gasteiger partial charge < -0.3 is 14.7 Å². The monoisotopic (exact) mass is 774 g/mol. The minimum atomic E-state index is -0.464. The summed E-state index contributed by atoms with van der Waals surface area (Å²) in [4.78, 5) is 32.9. The Balaban J connectivity index is 1.32. The van der Waals surface area contributed by atoms with Crippen molar-refractivity contribution in [2.75, 3.05) is 0 Å². The molecule has 0 aliphatic carbocycles. The summed E-state index contributed by atoms with van der Waals surface area (Å²) in [6.45, 7) is 6.31. The van der Waals surface area contributed by atoms with Crippen LogP contribution in [-0.2, 0) is 4.74 Å². The smallest absolute Gasteiger partial charge is 0.343 e. The predicted octanol–water partition coefficient (Wildman–Crippen LogP) is 8.98. The number of aromatic amines is 2. The van der Waals surface area contributed by atoms with Gasteiger partial charge in [0.05, 0.1) is 33.6 Å². The van der Waals surface area contributed by atoms with E-state index in [1.165, 1.54) is 11.1 Å². The van der Waals surface area contributed by atoms with Gasteiger partial charge in [-0.15, -0.1) is 0 Å². The average molecular weight is 775 g/mol. The number of carbonyl (C=O) groups excluding carboxylic acids is 1. The van der Waals surface area contributed by atoms with E-state index in [1.54, 1.807) is 12.1 Å². The molecule has 60 heavy (non-hydrogen) atoms. The third-order valence-electron chi connectivity index (χ3n) is 11.6. The second-order valence-electron chi connectivity index (χ2n) is 15.7. The standard InChI is InChI=1S/C54H38N4O2/c1-31-14-19-35(20-15-31)47-40-24-25-41(55-40)48(36-21-16-32(2)17-22-36)43-28-29-45(57-43)51-53(60-54(59)37-12-8-5-9-13-37)50-46(34-10-6-4-7-11-34)39-30-33(3)18-23-38(39)49(52(50)58-51)44-27-26-42(47)56-44/h4-30,55,57H,1-3H3. The Morgan fingerprint density at radius 1 is 0.533 bits per heavy atom. The molecule has 3 aliphatic heterocycles. The average Bonchev–Trinajstić information content (AvgIpc) is 4.11. The highest BCUT2D eigenvalue weighted by Crippen LogP contribution is 2.40. The van der Waals surface area contributed by atoms with Crippen LogP contribution < -0.4 is 21.3 Å². The Bertz CT molecular complexity index is 3460. The molecule has 8 aromatic rings. The van der Waals surface area contributed by atoms with Gasteiger partial charge in [0.1, 0.15) is 5.70 Å². The molecule has 5 heterocycles. The van der Waals surface area contributed by atoms with Crippen LogP contribution in [0, 0.1) is 20.8 Å². The second-order valence-corrected chi connectivity index (χ2v) is 15.7. The summed E-state index contributed by atoms with van der Waals surface area (Å²) in [5, 5.41) is 5.50. The number of allylic oxidation sites excluding steroid dienone is 1. The highest BCUT2D eigenvalue weighted by Gasteiger charge is 2.31. The first-order valence-electron chi connectivity index (χ1n) is 20.2. The molecule has 0 saturated heterocycles. The van der Waals surface area contributed by atoms with Crippen molar-refractivity contribution in [3.05, 3.63) is 235 Å². The van der Waals surface area contributed by atoms with E-state index in [0.29, 0.717) is 22.4 Å². The summed E-state index contributed by atoms with van der Waals surface area (Å²) in [5.41, 5.74) is 14.4. The maximum Gasteiger partial charge on any atom is 0.343 e. The Labute approximate surface area is 346 Å². The molecule has 0 unspecified atom stereocenters. The van der Waals surface area contributed by atoms with Gasteiger partial charge in [-0.05, 0) is 96.8 Å². The molecule has 11 rings (SSSR count). The molecule has 2 aromatic heterocycles. The summed E-state index contributed by atoms with van der Waals surface area (Å²) >= 11 is 0. The molecule has 286 valence electrons. The first kappa shape index (κ1) is 35.3. The Hall–Kier alpha value is -7.83. The van der Waals surface area contributed by atoms with Crippen LogP contribution in [0.2, 0.25) is 0 Å². The number of H-pyrrole nitrogens is 2. The van der Waals surface area contributed by atoms with Crippen molar-refractivity contribution in [1.82, 2.24) is 9.97 Å². The van der Waals surface area contributed by atoms with Crippen LogP contribution in [0.3, 0.4) is 0 Å². The number of nitrogens with zero attached hydrogens (tertiary/aromatic N) is 2. The molecule has 0 amide bonds. The van der Waals surface area contributed by atoms with Crippen molar-refractivity contribution in [3.63, 3.8) is 0 Å². The molecule has 0 fully saturated rings. The molecular weight excluding hydrogens is 737 g/mol. The number of nitrogens with one attached hydrogen (secondary N) is 2. The first-order chi connectivity index (χ1) is 29.4. The molecule has 2 N–H and O–H groups in total. The van der Waals surface area contributed by atoms with Gasteiger partial charge >= 0.3 is 5.97 Å². The lowest BCUT2D eigenvalue weighted by Gasteiger charge is -2.16. The summed E-state index contributed by atoms with van der Waals surface area (Å²) < 4.78 is 6.65. The minimum Gasteiger partial charge on any atom is -0.420 e. The molecule has 6 heteroatoms. The maximum absolute atomic E-state index is 14.3. The lowest BCUT2D eigenvalue weighted by molar-refractivity contribution is 0.0693. The topological polar surface area (TPSA) is 82.6 Å². The van der Waals surface area contributed by atoms with Crippen LogP contribution >= 0.6 is 0 Å². The first-order valence-corrected chi connectivity index (χ1v) is 20.2. The van der Waals surface area contributed by atoms with E-state index in [0.717, 1.165) is 94.0 Å². The molecule has 3 aliphatic rings. The van der Waals surface area contributed by atoms with Crippen LogP contribution in [0.5, 0.6) is 0 Å². The van der Waals surface area contributed by atoms with Crippen molar-refractivity contribution >= 4 is 50.8 Å². The van der Waals surface area contributed by atoms with E-state index in [9.17, 15) is 4.79 Å². The number of aliphatic imine (C=N–C) groups is 1. The van der Waals surface area contributed by atoms with Gasteiger partial charge in [0, 0.05) is 38.3 Å². The van der Waals surface area contributed by atoms with Crippen molar-refractivity contribution in [2.45, 2.75) is 20.8 Å². The number of aryl methyl sites for hydroxylation is 3. The lowest BCUT2D eigenvalue weighted by atomic mass is 9.89. The lowest BCUT2D eigenvalue weighted by Crippen LogP contribution is -2.31. The van der Waals surface area contributed by atoms with Crippen LogP contribution in [0.15, 0.2) is 174 Å². The molecule has 6 aromatic carbocycles. The van der Waals surface area contributed by atoms with Crippen molar-refractivity contribution in [3.8, 4) is 11.1 Å². The van der Waals surface area contributed by atoms with Crippen LogP contribution in [0.4, 0.5) is 0 Å². The number of aromatic nitrogens is 2. The quantitative estimate of drug-likeness (QED) is 0.171. The van der Waals surface area contributed by atoms with Gasteiger partial charge in [-0.1, -0.05) is 132 Å². The zero-order valence-corrected chi connectivity index (χ0v) is 33.3. The van der Waals surface area contributed by atoms with Crippen LogP contribution in [0.25, 0.3) is 50.2 Å². The number of ether oxygens (including phenoxy) is 1. The third-order valence-corrected chi connectivity index (χ3v) is 11.6. The molecule has 0 radical (unpaired) electrons. The molecule has 6 nitrogen and oxygen atoms in total. The van der Waals surface area contributed by atoms with Crippen LogP contribution in [-0.4, -0.2) is 21.6 Å². The molecule has 0 saturated carbocycles. The van der Waals surface area contributed by atoms with E-state index in [1.807, 2.05) is 42.5 Å². The van der Waals surface area contributed by atoms with Gasteiger partial charge in [0.15, 0.2) is 5.76 Å². The fourth-order valence-corrected chi connectivity index (χ4v) is 8.72. The normalized spacial score (nSPS) is 14.0. The number of hydrogen-bond acceptors (Lipinski definition) is 4. The number of rotatable bonds is 5. The zero-order chi connectivity index (χ0) is 40.5. The van der Waals surface area contributed by atoms with Crippen molar-refractivity contribution in [1.29, 1.82) is 0 Å². The minimum absolute atomic E-state index is 0.389. The largest absolute Gasteiger partial charge is 0.420 e. The Kier molecular flexibility index (Phi) is 8.20. The number of hydrogen-bond donors (Lipinski definition) is 2. The summed E-state index contributed by atoms with van der Waals surface area (Å²) in [5.74, 6) is -0.0743. The summed E-state index contributed by atoms with van der Waals surface area (Å²) in [7, 11) is 0. The number of fused-ring (bicyclic) bond motifs is 9. The second kappa shape index (κ2) is 13.9. The highest BCUT2D eigenvalue weighted by molar-refractivity contribution is 6.31. The van der Waals surface area contributed by atoms with Crippen molar-refractivity contribution in [2.24, 2.45) is 9.98 Å². The fraction of sp³-hybridized carbons (Fsp3) is 0.0556. The fourth-order valence-electron chi connectivity index (χ4n) is 8.72. The van der Waals surface area contributed by atoms with E-state index >= 15 is 0 Å². The molecule has 0 atom stereocenters. The maximum atomic E-state index is 14.3. The van der Waals surface area contributed by atoms with E-state index < -0.39 is 5.97 Å². The van der Waals surface area contributed by atoms with Crippen LogP contribution in [0.1, 0.15) is 55.1 Å². The third kappa shape index (κ3) is 5.84. The SMILES string of the molecule is Cc1ccc(C2=c3ccc([nH]3)=C(c3ccc(C)cc3)c3ccc([nH]3)C3=C(OC(=O)c4ccccc4)c4c(-c5ccccc5)c5cc(C)ccc5c(c4=N3)=C3C=CC2=N3)cc1. The molecular formula is C54H38N4O2. The zero-order valence-electron chi connectivity index (χ0n) is 33.3. The number of carbonyl (C=O) groups is 1. The Morgan fingerprint density at radius 2 is 1.17 bits per heavy atom. The van der Waals surface area contributed by atoms with E-state index in [2.05, 4.69) is 140 Å². The molecule has 8 bridgehead atoms. The summed E-state index contributed by atoms with van der Waals surface area (Å²) in [6, 6.07) is 51.6. The summed E-state index contributed by atoms with van der Waals surface area (Å²) in [6.07, 6.45) is 4.20. The highest BCUT2D eigenvalue weighted by atomic mass is 16.5. The van der Waals surface area contributed by atoms with E-state index in [-0.39, 0.29) is 0 Å². The van der Waals surface area contributed by atoms with Gasteiger partial charge in [-0.25, -0.2) is 14.8 Å².